The van der Waals surface area contributed by atoms with Crippen LogP contribution >= 0.6 is 11.8 Å². The number of carbonyl (C=O) groups is 1. The number of tetrazole rings is 1. The number of rotatable bonds is 5. The zero-order chi connectivity index (χ0) is 18.0. The highest BCUT2D eigenvalue weighted by Gasteiger charge is 2.21. The van der Waals surface area contributed by atoms with Crippen molar-refractivity contribution in [2.24, 2.45) is 0 Å². The van der Waals surface area contributed by atoms with Crippen LogP contribution < -0.4 is 0 Å². The predicted octanol–water partition coefficient (Wildman–Crippen LogP) is 3.35. The van der Waals surface area contributed by atoms with Gasteiger partial charge in [-0.05, 0) is 67.1 Å². The fraction of sp³-hybridized carbons (Fsp3) is 0.222. The lowest BCUT2D eigenvalue weighted by Gasteiger charge is -2.12. The summed E-state index contributed by atoms with van der Waals surface area (Å²) >= 11 is 1.31. The fourth-order valence-electron chi connectivity index (χ4n) is 2.44. The van der Waals surface area contributed by atoms with Crippen LogP contribution in [0.3, 0.4) is 0 Å². The number of thioether (sulfide) groups is 1. The van der Waals surface area contributed by atoms with Crippen molar-refractivity contribution in [3.05, 3.63) is 59.2 Å². The van der Waals surface area contributed by atoms with Crippen LogP contribution in [-0.4, -0.2) is 36.3 Å². The molecule has 0 saturated carbocycles. The summed E-state index contributed by atoms with van der Waals surface area (Å²) in [4.78, 5) is 12.8. The Morgan fingerprint density at radius 1 is 1.16 bits per heavy atom. The van der Waals surface area contributed by atoms with E-state index in [9.17, 15) is 9.90 Å². The molecule has 128 valence electrons. The van der Waals surface area contributed by atoms with E-state index in [1.807, 2.05) is 39.0 Å². The number of aryl methyl sites for hydroxylation is 2. The van der Waals surface area contributed by atoms with Gasteiger partial charge in [-0.2, -0.15) is 4.68 Å². The summed E-state index contributed by atoms with van der Waals surface area (Å²) in [6.45, 7) is 5.76. The van der Waals surface area contributed by atoms with Crippen LogP contribution in [0, 0.1) is 13.8 Å². The normalized spacial score (nSPS) is 12.1. The molecule has 1 N–H and O–H groups in total. The van der Waals surface area contributed by atoms with Crippen LogP contribution in [0.5, 0.6) is 5.75 Å². The first-order chi connectivity index (χ1) is 12.0. The summed E-state index contributed by atoms with van der Waals surface area (Å²) in [6.07, 6.45) is 0. The molecule has 0 unspecified atom stereocenters. The van der Waals surface area contributed by atoms with Gasteiger partial charge in [0.25, 0.3) is 0 Å². The van der Waals surface area contributed by atoms with E-state index in [1.54, 1.807) is 28.9 Å². The van der Waals surface area contributed by atoms with Gasteiger partial charge in [0.1, 0.15) is 5.75 Å². The van der Waals surface area contributed by atoms with Crippen molar-refractivity contribution in [1.82, 2.24) is 20.2 Å². The van der Waals surface area contributed by atoms with Gasteiger partial charge in [0, 0.05) is 5.56 Å². The predicted molar refractivity (Wildman–Crippen MR) is 96.4 cm³/mol. The molecular weight excluding hydrogens is 336 g/mol. The molecule has 0 aliphatic heterocycles. The Bertz CT molecular complexity index is 906. The molecule has 0 aliphatic rings. The van der Waals surface area contributed by atoms with Gasteiger partial charge in [0.2, 0.25) is 5.16 Å². The first kappa shape index (κ1) is 17.2. The topological polar surface area (TPSA) is 80.9 Å². The standard InChI is InChI=1S/C18H18N4O2S/c1-11-4-5-12(2)16(10-11)17(24)13(3)25-18-19-20-21-22(18)14-6-8-15(23)9-7-14/h4-10,13,23H,1-3H3/t13-/m0/s1. The van der Waals surface area contributed by atoms with Crippen molar-refractivity contribution in [3.63, 3.8) is 0 Å². The molecule has 3 rings (SSSR count). The minimum atomic E-state index is -0.331. The number of carbonyl (C=O) groups excluding carboxylic acids is 1. The highest BCUT2D eigenvalue weighted by molar-refractivity contribution is 8.00. The van der Waals surface area contributed by atoms with Gasteiger partial charge in [0.15, 0.2) is 5.78 Å². The second-order valence-electron chi connectivity index (χ2n) is 5.83. The number of phenolic OH excluding ortho intramolecular Hbond substituents is 1. The monoisotopic (exact) mass is 354 g/mol. The highest BCUT2D eigenvalue weighted by atomic mass is 32.2. The first-order valence-corrected chi connectivity index (χ1v) is 8.69. The van der Waals surface area contributed by atoms with Crippen LogP contribution in [0.4, 0.5) is 0 Å². The number of aromatic hydroxyl groups is 1. The SMILES string of the molecule is Cc1ccc(C)c(C(=O)[C@H](C)Sc2nnnn2-c2ccc(O)cc2)c1. The van der Waals surface area contributed by atoms with E-state index in [-0.39, 0.29) is 16.8 Å². The Labute approximate surface area is 149 Å². The Morgan fingerprint density at radius 2 is 1.88 bits per heavy atom. The minimum Gasteiger partial charge on any atom is -0.508 e. The van der Waals surface area contributed by atoms with Crippen LogP contribution in [0.15, 0.2) is 47.6 Å². The number of phenols is 1. The van der Waals surface area contributed by atoms with Crippen molar-refractivity contribution < 1.29 is 9.90 Å². The molecule has 0 fully saturated rings. The molecule has 6 nitrogen and oxygen atoms in total. The third kappa shape index (κ3) is 3.71. The molecule has 0 aliphatic carbocycles. The lowest BCUT2D eigenvalue weighted by Crippen LogP contribution is -2.16. The molecule has 0 radical (unpaired) electrons. The van der Waals surface area contributed by atoms with E-state index < -0.39 is 0 Å². The van der Waals surface area contributed by atoms with Gasteiger partial charge in [-0.25, -0.2) is 0 Å². The number of aromatic nitrogens is 4. The van der Waals surface area contributed by atoms with Gasteiger partial charge >= 0.3 is 0 Å². The number of ketones is 1. The van der Waals surface area contributed by atoms with Crippen LogP contribution in [0.2, 0.25) is 0 Å². The van der Waals surface area contributed by atoms with Gasteiger partial charge < -0.3 is 5.11 Å². The third-order valence-electron chi connectivity index (χ3n) is 3.85. The zero-order valence-corrected chi connectivity index (χ0v) is 15.0. The molecule has 25 heavy (non-hydrogen) atoms. The summed E-state index contributed by atoms with van der Waals surface area (Å²) in [6, 6.07) is 12.4. The Balaban J connectivity index is 1.83. The molecule has 1 heterocycles. The van der Waals surface area contributed by atoms with Crippen molar-refractivity contribution in [2.45, 2.75) is 31.2 Å². The third-order valence-corrected chi connectivity index (χ3v) is 4.88. The summed E-state index contributed by atoms with van der Waals surface area (Å²) in [5.74, 6) is 0.218. The maximum Gasteiger partial charge on any atom is 0.214 e. The summed E-state index contributed by atoms with van der Waals surface area (Å²) in [7, 11) is 0. The lowest BCUT2D eigenvalue weighted by molar-refractivity contribution is 0.0993. The second kappa shape index (κ2) is 7.06. The number of benzene rings is 2. The fourth-order valence-corrected chi connectivity index (χ4v) is 3.32. The minimum absolute atomic E-state index is 0.0476. The zero-order valence-electron chi connectivity index (χ0n) is 14.2. The molecule has 3 aromatic rings. The maximum atomic E-state index is 12.8. The molecule has 2 aromatic carbocycles. The van der Waals surface area contributed by atoms with Crippen molar-refractivity contribution >= 4 is 17.5 Å². The quantitative estimate of drug-likeness (QED) is 0.559. The van der Waals surface area contributed by atoms with Gasteiger partial charge in [-0.3, -0.25) is 4.79 Å². The number of hydrogen-bond acceptors (Lipinski definition) is 6. The summed E-state index contributed by atoms with van der Waals surface area (Å²) in [5, 5.41) is 21.3. The van der Waals surface area contributed by atoms with E-state index in [4.69, 9.17) is 0 Å². The van der Waals surface area contributed by atoms with Gasteiger partial charge in [0.05, 0.1) is 10.9 Å². The van der Waals surface area contributed by atoms with E-state index >= 15 is 0 Å². The molecule has 0 saturated heterocycles. The lowest BCUT2D eigenvalue weighted by atomic mass is 10.0. The Kier molecular flexibility index (Phi) is 4.85. The van der Waals surface area contributed by atoms with E-state index in [0.717, 1.165) is 22.4 Å². The molecule has 0 bridgehead atoms. The largest absolute Gasteiger partial charge is 0.508 e. The summed E-state index contributed by atoms with van der Waals surface area (Å²) in [5.41, 5.74) is 3.46. The molecule has 0 amide bonds. The Morgan fingerprint density at radius 3 is 2.60 bits per heavy atom. The maximum absolute atomic E-state index is 12.8. The van der Waals surface area contributed by atoms with Gasteiger partial charge in [-0.15, -0.1) is 5.10 Å². The molecule has 7 heteroatoms. The van der Waals surface area contributed by atoms with Crippen molar-refractivity contribution in [2.75, 3.05) is 0 Å². The number of nitrogens with zero attached hydrogens (tertiary/aromatic N) is 4. The molecule has 0 spiro atoms. The first-order valence-electron chi connectivity index (χ1n) is 7.81. The number of Topliss-reactive ketones (excluding diaryl/α,β-unsaturated/α-hetero) is 1. The second-order valence-corrected chi connectivity index (χ2v) is 7.14. The molecule has 1 atom stereocenters. The molecular formula is C18H18N4O2S. The van der Waals surface area contributed by atoms with Crippen molar-refractivity contribution in [1.29, 1.82) is 0 Å². The van der Waals surface area contributed by atoms with Crippen molar-refractivity contribution in [3.8, 4) is 11.4 Å². The summed E-state index contributed by atoms with van der Waals surface area (Å²) < 4.78 is 1.55. The van der Waals surface area contributed by atoms with E-state index in [0.29, 0.717) is 5.16 Å². The van der Waals surface area contributed by atoms with Crippen LogP contribution in [0.1, 0.15) is 28.4 Å². The Hall–Kier alpha value is -2.67. The van der Waals surface area contributed by atoms with Gasteiger partial charge in [-0.1, -0.05) is 29.5 Å². The highest BCUT2D eigenvalue weighted by Crippen LogP contribution is 2.27. The number of hydrogen-bond donors (Lipinski definition) is 1. The van der Waals surface area contributed by atoms with E-state index in [1.165, 1.54) is 11.8 Å². The molecule has 1 aromatic heterocycles. The smallest absolute Gasteiger partial charge is 0.214 e. The van der Waals surface area contributed by atoms with Crippen LogP contribution in [-0.2, 0) is 0 Å². The van der Waals surface area contributed by atoms with Crippen LogP contribution in [0.25, 0.3) is 5.69 Å². The average molecular weight is 354 g/mol. The average Bonchev–Trinajstić information content (AvgIpc) is 3.05. The van der Waals surface area contributed by atoms with E-state index in [2.05, 4.69) is 15.5 Å².